The summed E-state index contributed by atoms with van der Waals surface area (Å²) in [6.45, 7) is 1.26. The number of benzene rings is 1. The molecule has 1 fully saturated rings. The number of piperidine rings is 1. The fourth-order valence-electron chi connectivity index (χ4n) is 2.16. The van der Waals surface area contributed by atoms with Crippen molar-refractivity contribution in [2.24, 2.45) is 0 Å². The second-order valence-electron chi connectivity index (χ2n) is 4.56. The van der Waals surface area contributed by atoms with Gasteiger partial charge in [-0.25, -0.2) is 8.42 Å². The predicted molar refractivity (Wildman–Crippen MR) is 79.3 cm³/mol. The summed E-state index contributed by atoms with van der Waals surface area (Å²) in [6.07, 6.45) is 2.92. The summed E-state index contributed by atoms with van der Waals surface area (Å²) in [7, 11) is 1.24. The van der Waals surface area contributed by atoms with E-state index in [4.69, 9.17) is 33.9 Å². The van der Waals surface area contributed by atoms with Crippen molar-refractivity contribution in [3.8, 4) is 0 Å². The van der Waals surface area contributed by atoms with Crippen LogP contribution in [0, 0.1) is 0 Å². The number of amides is 1. The molecule has 0 aliphatic carbocycles. The third-order valence-electron chi connectivity index (χ3n) is 3.14. The fraction of sp³-hybridized carbons (Fsp3) is 0.417. The molecule has 0 spiro atoms. The standard InChI is InChI=1S/C12H12Cl3NO3S/c13-8-6-9(11(14)10(7-8)20(15,18)19)12(17)16-4-2-1-3-5-16/h6-7H,1-5H2. The second kappa shape index (κ2) is 6.10. The minimum absolute atomic E-state index is 0.0697. The van der Waals surface area contributed by atoms with Crippen molar-refractivity contribution >= 4 is 48.8 Å². The lowest BCUT2D eigenvalue weighted by molar-refractivity contribution is 0.0724. The highest BCUT2D eigenvalue weighted by atomic mass is 35.7. The van der Waals surface area contributed by atoms with Gasteiger partial charge in [-0.2, -0.15) is 0 Å². The van der Waals surface area contributed by atoms with Crippen LogP contribution in [-0.2, 0) is 9.05 Å². The molecule has 110 valence electrons. The van der Waals surface area contributed by atoms with Gasteiger partial charge >= 0.3 is 0 Å². The van der Waals surface area contributed by atoms with E-state index in [1.54, 1.807) is 4.90 Å². The summed E-state index contributed by atoms with van der Waals surface area (Å²) in [5.74, 6) is -0.321. The van der Waals surface area contributed by atoms with E-state index < -0.39 is 9.05 Å². The summed E-state index contributed by atoms with van der Waals surface area (Å²) >= 11 is 11.9. The summed E-state index contributed by atoms with van der Waals surface area (Å²) in [5.41, 5.74) is 0.0697. The Bertz CT molecular complexity index is 640. The lowest BCUT2D eigenvalue weighted by Crippen LogP contribution is -2.35. The zero-order valence-electron chi connectivity index (χ0n) is 10.4. The number of rotatable bonds is 2. The molecule has 0 N–H and O–H groups in total. The molecule has 20 heavy (non-hydrogen) atoms. The maximum atomic E-state index is 12.4. The van der Waals surface area contributed by atoms with Gasteiger partial charge in [-0.05, 0) is 31.4 Å². The largest absolute Gasteiger partial charge is 0.339 e. The van der Waals surface area contributed by atoms with E-state index in [0.29, 0.717) is 13.1 Å². The molecule has 1 saturated heterocycles. The van der Waals surface area contributed by atoms with Crippen molar-refractivity contribution in [2.75, 3.05) is 13.1 Å². The highest BCUT2D eigenvalue weighted by Crippen LogP contribution is 2.32. The summed E-state index contributed by atoms with van der Waals surface area (Å²) in [5, 5.41) is -0.0750. The molecule has 1 amide bonds. The quantitative estimate of drug-likeness (QED) is 0.762. The topological polar surface area (TPSA) is 54.5 Å². The van der Waals surface area contributed by atoms with Crippen LogP contribution in [0.3, 0.4) is 0 Å². The van der Waals surface area contributed by atoms with Crippen molar-refractivity contribution in [1.29, 1.82) is 0 Å². The highest BCUT2D eigenvalue weighted by molar-refractivity contribution is 8.13. The molecule has 1 heterocycles. The molecular weight excluding hydrogens is 345 g/mol. The first-order chi connectivity index (χ1) is 9.30. The van der Waals surface area contributed by atoms with E-state index >= 15 is 0 Å². The first-order valence-electron chi connectivity index (χ1n) is 6.03. The molecule has 1 aliphatic heterocycles. The van der Waals surface area contributed by atoms with E-state index in [2.05, 4.69) is 0 Å². The van der Waals surface area contributed by atoms with Crippen LogP contribution < -0.4 is 0 Å². The Labute approximate surface area is 132 Å². The Morgan fingerprint density at radius 3 is 2.25 bits per heavy atom. The number of carbonyl (C=O) groups is 1. The van der Waals surface area contributed by atoms with Crippen LogP contribution in [0.5, 0.6) is 0 Å². The van der Waals surface area contributed by atoms with Crippen LogP contribution in [0.25, 0.3) is 0 Å². The molecule has 2 rings (SSSR count). The monoisotopic (exact) mass is 355 g/mol. The van der Waals surface area contributed by atoms with Crippen LogP contribution >= 0.6 is 33.9 Å². The number of halogens is 3. The van der Waals surface area contributed by atoms with Gasteiger partial charge in [-0.1, -0.05) is 23.2 Å². The van der Waals surface area contributed by atoms with Gasteiger partial charge in [0.25, 0.3) is 15.0 Å². The minimum Gasteiger partial charge on any atom is -0.339 e. The Kier molecular flexibility index (Phi) is 4.84. The zero-order chi connectivity index (χ0) is 14.9. The minimum atomic E-state index is -4.06. The molecule has 0 bridgehead atoms. The van der Waals surface area contributed by atoms with Gasteiger partial charge in [-0.15, -0.1) is 0 Å². The van der Waals surface area contributed by atoms with Gasteiger partial charge in [-0.3, -0.25) is 4.79 Å². The van der Waals surface area contributed by atoms with Crippen molar-refractivity contribution in [3.05, 3.63) is 27.7 Å². The smallest absolute Gasteiger partial charge is 0.262 e. The molecule has 0 saturated carbocycles. The molecule has 0 radical (unpaired) electrons. The number of carbonyl (C=O) groups excluding carboxylic acids is 1. The van der Waals surface area contributed by atoms with E-state index in [-0.39, 0.29) is 26.4 Å². The van der Waals surface area contributed by atoms with Gasteiger partial charge in [0, 0.05) is 28.8 Å². The SMILES string of the molecule is O=C(c1cc(Cl)cc(S(=O)(=O)Cl)c1Cl)N1CCCCC1. The third-order valence-corrected chi connectivity index (χ3v) is 5.22. The van der Waals surface area contributed by atoms with Crippen molar-refractivity contribution in [1.82, 2.24) is 4.90 Å². The molecule has 0 atom stereocenters. The van der Waals surface area contributed by atoms with Crippen LogP contribution in [-0.4, -0.2) is 32.3 Å². The van der Waals surface area contributed by atoms with E-state index in [9.17, 15) is 13.2 Å². The van der Waals surface area contributed by atoms with Crippen molar-refractivity contribution in [2.45, 2.75) is 24.2 Å². The normalized spacial score (nSPS) is 16.2. The van der Waals surface area contributed by atoms with E-state index in [1.165, 1.54) is 6.07 Å². The number of hydrogen-bond donors (Lipinski definition) is 0. The van der Waals surface area contributed by atoms with Crippen LogP contribution in [0.4, 0.5) is 0 Å². The first kappa shape index (κ1) is 15.9. The zero-order valence-corrected chi connectivity index (χ0v) is 13.5. The third kappa shape index (κ3) is 3.39. The van der Waals surface area contributed by atoms with Crippen LogP contribution in [0.15, 0.2) is 17.0 Å². The molecule has 8 heteroatoms. The molecular formula is C12H12Cl3NO3S. The number of likely N-dealkylation sites (tertiary alicyclic amines) is 1. The Balaban J connectivity index is 2.46. The Morgan fingerprint density at radius 2 is 1.70 bits per heavy atom. The number of nitrogens with zero attached hydrogens (tertiary/aromatic N) is 1. The Morgan fingerprint density at radius 1 is 1.10 bits per heavy atom. The second-order valence-corrected chi connectivity index (χ2v) is 7.90. The summed E-state index contributed by atoms with van der Waals surface area (Å²) in [4.78, 5) is 13.7. The molecule has 0 aromatic heterocycles. The number of hydrogen-bond acceptors (Lipinski definition) is 3. The van der Waals surface area contributed by atoms with Crippen LogP contribution in [0.1, 0.15) is 29.6 Å². The predicted octanol–water partition coefficient (Wildman–Crippen LogP) is 3.55. The molecule has 1 aromatic rings. The molecule has 0 unspecified atom stereocenters. The van der Waals surface area contributed by atoms with Gasteiger partial charge in [0.1, 0.15) is 4.90 Å². The molecule has 1 aliphatic rings. The maximum Gasteiger partial charge on any atom is 0.262 e. The average Bonchev–Trinajstić information content (AvgIpc) is 2.40. The fourth-order valence-corrected chi connectivity index (χ4v) is 4.02. The average molecular weight is 357 g/mol. The van der Waals surface area contributed by atoms with Gasteiger partial charge < -0.3 is 4.90 Å². The maximum absolute atomic E-state index is 12.4. The Hall–Kier alpha value is -0.490. The summed E-state index contributed by atoms with van der Waals surface area (Å²) < 4.78 is 22.9. The lowest BCUT2D eigenvalue weighted by atomic mass is 10.1. The van der Waals surface area contributed by atoms with Gasteiger partial charge in [0.15, 0.2) is 0 Å². The van der Waals surface area contributed by atoms with Gasteiger partial charge in [0.05, 0.1) is 10.6 Å². The molecule has 4 nitrogen and oxygen atoms in total. The van der Waals surface area contributed by atoms with Crippen LogP contribution in [0.2, 0.25) is 10.0 Å². The van der Waals surface area contributed by atoms with Crippen molar-refractivity contribution < 1.29 is 13.2 Å². The van der Waals surface area contributed by atoms with Gasteiger partial charge in [0.2, 0.25) is 0 Å². The first-order valence-corrected chi connectivity index (χ1v) is 9.10. The highest BCUT2D eigenvalue weighted by Gasteiger charge is 2.25. The lowest BCUT2D eigenvalue weighted by Gasteiger charge is -2.27. The summed E-state index contributed by atoms with van der Waals surface area (Å²) in [6, 6.07) is 2.51. The molecule has 1 aromatic carbocycles. The van der Waals surface area contributed by atoms with E-state index in [1.807, 2.05) is 0 Å². The van der Waals surface area contributed by atoms with E-state index in [0.717, 1.165) is 25.3 Å². The van der Waals surface area contributed by atoms with Crippen molar-refractivity contribution in [3.63, 3.8) is 0 Å².